The predicted octanol–water partition coefficient (Wildman–Crippen LogP) is 4.44. The number of carbonyl (C=O) groups is 3. The maximum Gasteiger partial charge on any atom is 0.253 e. The minimum atomic E-state index is -0.819. The van der Waals surface area contributed by atoms with Gasteiger partial charge in [-0.25, -0.2) is 0 Å². The molecule has 30 heavy (non-hydrogen) atoms. The Morgan fingerprint density at radius 3 is 2.33 bits per heavy atom. The van der Waals surface area contributed by atoms with E-state index in [1.54, 1.807) is 44.2 Å². The molecule has 2 aromatic rings. The van der Waals surface area contributed by atoms with Gasteiger partial charge >= 0.3 is 0 Å². The summed E-state index contributed by atoms with van der Waals surface area (Å²) in [6.07, 6.45) is 0. The first-order valence-electron chi connectivity index (χ1n) is 9.54. The number of hydrogen-bond donors (Lipinski definition) is 3. The van der Waals surface area contributed by atoms with E-state index in [0.717, 1.165) is 5.56 Å². The summed E-state index contributed by atoms with van der Waals surface area (Å²) < 4.78 is 0. The number of hydrogen-bond acceptors (Lipinski definition) is 3. The summed E-state index contributed by atoms with van der Waals surface area (Å²) in [6.45, 7) is 7.98. The second-order valence-electron chi connectivity index (χ2n) is 7.42. The fourth-order valence-electron chi connectivity index (χ4n) is 2.60. The summed E-state index contributed by atoms with van der Waals surface area (Å²) >= 11 is 12.0. The van der Waals surface area contributed by atoms with Crippen LogP contribution >= 0.6 is 23.2 Å². The number of nitrogens with one attached hydrogen (secondary N) is 3. The molecule has 2 aromatic carbocycles. The number of anilines is 1. The van der Waals surface area contributed by atoms with Crippen LogP contribution in [-0.2, 0) is 4.79 Å². The van der Waals surface area contributed by atoms with Crippen LogP contribution in [0.5, 0.6) is 0 Å². The molecular formula is C22H25Cl2N3O3. The van der Waals surface area contributed by atoms with Crippen LogP contribution < -0.4 is 16.0 Å². The van der Waals surface area contributed by atoms with Crippen molar-refractivity contribution in [3.05, 3.63) is 63.1 Å². The Labute approximate surface area is 186 Å². The molecule has 0 bridgehead atoms. The highest BCUT2D eigenvalue weighted by Crippen LogP contribution is 2.25. The molecule has 2 rings (SSSR count). The van der Waals surface area contributed by atoms with Crippen molar-refractivity contribution in [3.8, 4) is 0 Å². The summed E-state index contributed by atoms with van der Waals surface area (Å²) in [6, 6.07) is 8.91. The van der Waals surface area contributed by atoms with Crippen molar-refractivity contribution in [1.29, 1.82) is 0 Å². The molecule has 0 saturated heterocycles. The Morgan fingerprint density at radius 2 is 1.70 bits per heavy atom. The van der Waals surface area contributed by atoms with E-state index >= 15 is 0 Å². The summed E-state index contributed by atoms with van der Waals surface area (Å²) in [5.74, 6) is -0.712. The molecule has 1 unspecified atom stereocenters. The largest absolute Gasteiger partial charge is 0.352 e. The van der Waals surface area contributed by atoms with E-state index in [9.17, 15) is 14.4 Å². The van der Waals surface area contributed by atoms with Gasteiger partial charge in [0.15, 0.2) is 0 Å². The van der Waals surface area contributed by atoms with Gasteiger partial charge in [0.25, 0.3) is 11.8 Å². The Kier molecular flexibility index (Phi) is 8.26. The van der Waals surface area contributed by atoms with E-state index in [1.807, 2.05) is 13.8 Å². The highest BCUT2D eigenvalue weighted by atomic mass is 35.5. The van der Waals surface area contributed by atoms with Crippen molar-refractivity contribution in [2.75, 3.05) is 11.9 Å². The molecule has 1 atom stereocenters. The molecule has 160 valence electrons. The van der Waals surface area contributed by atoms with Crippen LogP contribution in [0.2, 0.25) is 10.0 Å². The molecule has 0 aliphatic carbocycles. The molecule has 0 spiro atoms. The fourth-order valence-corrected chi connectivity index (χ4v) is 2.99. The molecule has 0 aliphatic heterocycles. The number of benzene rings is 2. The number of carbonyl (C=O) groups excluding carboxylic acids is 3. The number of aryl methyl sites for hydroxylation is 1. The van der Waals surface area contributed by atoms with E-state index < -0.39 is 17.9 Å². The zero-order valence-electron chi connectivity index (χ0n) is 17.3. The molecule has 0 radical (unpaired) electrons. The zero-order chi connectivity index (χ0) is 22.4. The van der Waals surface area contributed by atoms with E-state index in [0.29, 0.717) is 23.7 Å². The Hall–Kier alpha value is -2.57. The van der Waals surface area contributed by atoms with Gasteiger partial charge in [-0.15, -0.1) is 0 Å². The van der Waals surface area contributed by atoms with Crippen molar-refractivity contribution in [3.63, 3.8) is 0 Å². The summed E-state index contributed by atoms with van der Waals surface area (Å²) in [5, 5.41) is 8.61. The van der Waals surface area contributed by atoms with Crippen molar-refractivity contribution < 1.29 is 14.4 Å². The maximum absolute atomic E-state index is 12.5. The average molecular weight is 450 g/mol. The van der Waals surface area contributed by atoms with Crippen molar-refractivity contribution in [2.45, 2.75) is 33.7 Å². The molecule has 0 aliphatic rings. The number of amides is 3. The first kappa shape index (κ1) is 23.7. The van der Waals surface area contributed by atoms with E-state index in [1.165, 1.54) is 6.07 Å². The summed E-state index contributed by atoms with van der Waals surface area (Å²) in [4.78, 5) is 37.1. The topological polar surface area (TPSA) is 87.3 Å². The van der Waals surface area contributed by atoms with Crippen molar-refractivity contribution >= 4 is 46.6 Å². The Balaban J connectivity index is 2.02. The highest BCUT2D eigenvalue weighted by Gasteiger charge is 2.20. The minimum Gasteiger partial charge on any atom is -0.352 e. The molecular weight excluding hydrogens is 425 g/mol. The van der Waals surface area contributed by atoms with Gasteiger partial charge in [0.1, 0.15) is 6.04 Å². The first-order valence-corrected chi connectivity index (χ1v) is 10.3. The third-order valence-electron chi connectivity index (χ3n) is 4.35. The molecule has 3 N–H and O–H groups in total. The van der Waals surface area contributed by atoms with Gasteiger partial charge in [-0.2, -0.15) is 0 Å². The fraction of sp³-hybridized carbons (Fsp3) is 0.318. The molecule has 0 aromatic heterocycles. The number of halogens is 2. The van der Waals surface area contributed by atoms with Gasteiger partial charge in [0, 0.05) is 17.8 Å². The van der Waals surface area contributed by atoms with E-state index in [4.69, 9.17) is 23.2 Å². The average Bonchev–Trinajstić information content (AvgIpc) is 2.69. The lowest BCUT2D eigenvalue weighted by atomic mass is 10.1. The summed E-state index contributed by atoms with van der Waals surface area (Å²) in [5.41, 5.74) is 2.00. The molecule has 0 fully saturated rings. The van der Waals surface area contributed by atoms with Crippen LogP contribution in [0.15, 0.2) is 36.4 Å². The van der Waals surface area contributed by atoms with Crippen molar-refractivity contribution in [1.82, 2.24) is 10.6 Å². The SMILES string of the molecule is Cc1cc(C(=O)NCC(C)C)ccc1NC(=O)C(C)NC(=O)c1cccc(Cl)c1Cl. The third-order valence-corrected chi connectivity index (χ3v) is 5.17. The van der Waals surface area contributed by atoms with Crippen LogP contribution in [0.1, 0.15) is 47.1 Å². The lowest BCUT2D eigenvalue weighted by Gasteiger charge is -2.16. The van der Waals surface area contributed by atoms with Gasteiger partial charge in [-0.05, 0) is 55.7 Å². The van der Waals surface area contributed by atoms with Crippen LogP contribution in [0.3, 0.4) is 0 Å². The molecule has 6 nitrogen and oxygen atoms in total. The predicted molar refractivity (Wildman–Crippen MR) is 120 cm³/mol. The standard InChI is InChI=1S/C22H25Cl2N3O3/c1-12(2)11-25-21(29)15-8-9-18(13(3)10-15)27-20(28)14(4)26-22(30)16-6-5-7-17(23)19(16)24/h5-10,12,14H,11H2,1-4H3,(H,25,29)(H,26,30)(H,27,28). The Bertz CT molecular complexity index is 961. The van der Waals surface area contributed by atoms with Gasteiger partial charge < -0.3 is 16.0 Å². The number of rotatable bonds is 7. The normalized spacial score (nSPS) is 11.7. The summed E-state index contributed by atoms with van der Waals surface area (Å²) in [7, 11) is 0. The van der Waals surface area contributed by atoms with Crippen LogP contribution in [0.4, 0.5) is 5.69 Å². The van der Waals surface area contributed by atoms with Crippen LogP contribution in [-0.4, -0.2) is 30.3 Å². The Morgan fingerprint density at radius 1 is 1.00 bits per heavy atom. The smallest absolute Gasteiger partial charge is 0.253 e. The van der Waals surface area contributed by atoms with Gasteiger partial charge in [-0.1, -0.05) is 43.1 Å². The van der Waals surface area contributed by atoms with Gasteiger partial charge in [0.05, 0.1) is 15.6 Å². The lowest BCUT2D eigenvalue weighted by Crippen LogP contribution is -2.41. The third kappa shape index (κ3) is 6.21. The maximum atomic E-state index is 12.5. The van der Waals surface area contributed by atoms with Crippen molar-refractivity contribution in [2.24, 2.45) is 5.92 Å². The quantitative estimate of drug-likeness (QED) is 0.583. The van der Waals surface area contributed by atoms with E-state index in [-0.39, 0.29) is 21.5 Å². The second kappa shape index (κ2) is 10.5. The molecule has 8 heteroatoms. The minimum absolute atomic E-state index is 0.131. The van der Waals surface area contributed by atoms with Gasteiger partial charge in [-0.3, -0.25) is 14.4 Å². The highest BCUT2D eigenvalue weighted by molar-refractivity contribution is 6.43. The first-order chi connectivity index (χ1) is 14.1. The molecule has 0 saturated carbocycles. The lowest BCUT2D eigenvalue weighted by molar-refractivity contribution is -0.117. The molecule has 0 heterocycles. The second-order valence-corrected chi connectivity index (χ2v) is 8.20. The zero-order valence-corrected chi connectivity index (χ0v) is 18.8. The van der Waals surface area contributed by atoms with Crippen LogP contribution in [0.25, 0.3) is 0 Å². The van der Waals surface area contributed by atoms with Crippen LogP contribution in [0, 0.1) is 12.8 Å². The van der Waals surface area contributed by atoms with Gasteiger partial charge in [0.2, 0.25) is 5.91 Å². The van der Waals surface area contributed by atoms with E-state index in [2.05, 4.69) is 16.0 Å². The molecule has 3 amide bonds. The monoisotopic (exact) mass is 449 g/mol.